The summed E-state index contributed by atoms with van der Waals surface area (Å²) in [5, 5.41) is 4.07. The highest BCUT2D eigenvalue weighted by atomic mass is 35.5. The Morgan fingerprint density at radius 1 is 1.10 bits per heavy atom. The van der Waals surface area contributed by atoms with E-state index in [1.54, 1.807) is 24.3 Å². The summed E-state index contributed by atoms with van der Waals surface area (Å²) in [4.78, 5) is 21.0. The van der Waals surface area contributed by atoms with Crippen molar-refractivity contribution in [2.45, 2.75) is 12.8 Å². The minimum atomic E-state index is -0.663. The number of rotatable bonds is 4. The molecular formula is C21H13Cl3FN3O. The van der Waals surface area contributed by atoms with E-state index in [1.165, 1.54) is 24.4 Å². The zero-order chi connectivity index (χ0) is 20.5. The topological polar surface area (TPSA) is 54.4 Å². The molecule has 4 rings (SSSR count). The highest BCUT2D eigenvalue weighted by Gasteiger charge is 2.22. The van der Waals surface area contributed by atoms with Crippen LogP contribution in [0.4, 0.5) is 15.9 Å². The van der Waals surface area contributed by atoms with Gasteiger partial charge in [0.1, 0.15) is 11.6 Å². The van der Waals surface area contributed by atoms with Gasteiger partial charge in [-0.3, -0.25) is 9.79 Å². The first-order valence-electron chi connectivity index (χ1n) is 8.65. The molecule has 0 bridgehead atoms. The van der Waals surface area contributed by atoms with Crippen molar-refractivity contribution in [3.63, 3.8) is 0 Å². The van der Waals surface area contributed by atoms with Crippen LogP contribution in [0.1, 0.15) is 21.5 Å². The lowest BCUT2D eigenvalue weighted by molar-refractivity contribution is 0.102. The van der Waals surface area contributed by atoms with Crippen molar-refractivity contribution < 1.29 is 9.18 Å². The van der Waals surface area contributed by atoms with E-state index in [-0.39, 0.29) is 11.4 Å². The van der Waals surface area contributed by atoms with E-state index in [9.17, 15) is 9.18 Å². The van der Waals surface area contributed by atoms with Gasteiger partial charge < -0.3 is 5.32 Å². The van der Waals surface area contributed by atoms with E-state index in [0.29, 0.717) is 33.6 Å². The summed E-state index contributed by atoms with van der Waals surface area (Å²) in [7, 11) is 0. The minimum absolute atomic E-state index is 0.0854. The predicted molar refractivity (Wildman–Crippen MR) is 115 cm³/mol. The summed E-state index contributed by atoms with van der Waals surface area (Å²) in [6.07, 6.45) is 2.38. The number of aromatic nitrogens is 1. The van der Waals surface area contributed by atoms with Gasteiger partial charge in [0, 0.05) is 45.9 Å². The molecule has 0 fully saturated rings. The van der Waals surface area contributed by atoms with E-state index in [4.69, 9.17) is 34.8 Å². The van der Waals surface area contributed by atoms with E-state index >= 15 is 0 Å². The van der Waals surface area contributed by atoms with Gasteiger partial charge in [0.05, 0.1) is 11.3 Å². The SMILES string of the molecule is O=C(Nc1cc(Cl)ccn1)c1cc2c(cc1F)N=C(Cc1c(Cl)cccc1Cl)C2. The number of carbonyl (C=O) groups is 1. The van der Waals surface area contributed by atoms with E-state index in [1.807, 2.05) is 0 Å². The molecule has 2 heterocycles. The van der Waals surface area contributed by atoms with Crippen LogP contribution in [-0.2, 0) is 12.8 Å². The number of pyridine rings is 1. The van der Waals surface area contributed by atoms with Crippen LogP contribution in [0.3, 0.4) is 0 Å². The Morgan fingerprint density at radius 3 is 2.59 bits per heavy atom. The number of aliphatic imine (C=N–C) groups is 1. The molecule has 1 amide bonds. The van der Waals surface area contributed by atoms with Gasteiger partial charge in [0.15, 0.2) is 0 Å². The molecule has 1 aliphatic rings. The summed E-state index contributed by atoms with van der Waals surface area (Å²) in [5.74, 6) is -1.03. The molecule has 1 N–H and O–H groups in total. The first-order valence-corrected chi connectivity index (χ1v) is 9.79. The van der Waals surface area contributed by atoms with Crippen molar-refractivity contribution in [3.8, 4) is 0 Å². The number of benzene rings is 2. The van der Waals surface area contributed by atoms with Crippen LogP contribution >= 0.6 is 34.8 Å². The van der Waals surface area contributed by atoms with Gasteiger partial charge in [-0.05, 0) is 41.5 Å². The number of halogens is 4. The van der Waals surface area contributed by atoms with Gasteiger partial charge in [-0.1, -0.05) is 40.9 Å². The number of hydrogen-bond acceptors (Lipinski definition) is 3. The Labute approximate surface area is 181 Å². The van der Waals surface area contributed by atoms with Gasteiger partial charge in [0.25, 0.3) is 5.91 Å². The zero-order valence-electron chi connectivity index (χ0n) is 14.8. The standard InChI is InChI=1S/C21H13Cl3FN3O/c22-12-4-5-26-20(8-12)28-21(29)15-7-11-6-13(27-19(11)10-18(15)25)9-14-16(23)2-1-3-17(14)24/h1-5,7-8,10H,6,9H2,(H,26,28,29). The molecule has 0 aliphatic carbocycles. The number of carbonyl (C=O) groups excluding carboxylic acids is 1. The van der Waals surface area contributed by atoms with Crippen LogP contribution in [-0.4, -0.2) is 16.6 Å². The Hall–Kier alpha value is -2.47. The molecule has 2 aromatic carbocycles. The van der Waals surface area contributed by atoms with Crippen molar-refractivity contribution >= 4 is 57.9 Å². The van der Waals surface area contributed by atoms with Crippen LogP contribution in [0, 0.1) is 5.82 Å². The average molecular weight is 449 g/mol. The first-order chi connectivity index (χ1) is 13.9. The summed E-state index contributed by atoms with van der Waals surface area (Å²) < 4.78 is 14.5. The fourth-order valence-corrected chi connectivity index (χ4v) is 3.81. The molecule has 1 aliphatic heterocycles. The minimum Gasteiger partial charge on any atom is -0.306 e. The third-order valence-corrected chi connectivity index (χ3v) is 5.44. The lowest BCUT2D eigenvalue weighted by Crippen LogP contribution is -2.15. The molecule has 1 aromatic heterocycles. The van der Waals surface area contributed by atoms with Crippen LogP contribution in [0.5, 0.6) is 0 Å². The molecule has 0 saturated heterocycles. The van der Waals surface area contributed by atoms with Gasteiger partial charge >= 0.3 is 0 Å². The Bertz CT molecular complexity index is 1140. The molecule has 4 nitrogen and oxygen atoms in total. The van der Waals surface area contributed by atoms with Crippen LogP contribution in [0.25, 0.3) is 0 Å². The first kappa shape index (κ1) is 19.8. The highest BCUT2D eigenvalue weighted by molar-refractivity contribution is 6.36. The van der Waals surface area contributed by atoms with E-state index in [0.717, 1.165) is 16.8 Å². The lowest BCUT2D eigenvalue weighted by Gasteiger charge is -2.08. The summed E-state index contributed by atoms with van der Waals surface area (Å²) in [6, 6.07) is 11.1. The van der Waals surface area contributed by atoms with Crippen LogP contribution in [0.15, 0.2) is 53.7 Å². The quantitative estimate of drug-likeness (QED) is 0.509. The molecule has 3 aromatic rings. The number of fused-ring (bicyclic) bond motifs is 1. The molecule has 0 unspecified atom stereocenters. The normalized spacial score (nSPS) is 12.5. The highest BCUT2D eigenvalue weighted by Crippen LogP contribution is 2.33. The van der Waals surface area contributed by atoms with Gasteiger partial charge in [-0.2, -0.15) is 0 Å². The summed E-state index contributed by atoms with van der Waals surface area (Å²) in [6.45, 7) is 0. The number of anilines is 1. The Balaban J connectivity index is 1.55. The van der Waals surface area contributed by atoms with E-state index < -0.39 is 11.7 Å². The van der Waals surface area contributed by atoms with Gasteiger partial charge in [0.2, 0.25) is 0 Å². The number of hydrogen-bond donors (Lipinski definition) is 1. The number of amides is 1. The Morgan fingerprint density at radius 2 is 1.86 bits per heavy atom. The van der Waals surface area contributed by atoms with Gasteiger partial charge in [-0.25, -0.2) is 9.37 Å². The second-order valence-electron chi connectivity index (χ2n) is 6.51. The molecule has 29 heavy (non-hydrogen) atoms. The van der Waals surface area contributed by atoms with E-state index in [2.05, 4.69) is 15.3 Å². The maximum Gasteiger partial charge on any atom is 0.259 e. The average Bonchev–Trinajstić information content (AvgIpc) is 3.05. The molecule has 0 saturated carbocycles. The molecule has 8 heteroatoms. The van der Waals surface area contributed by atoms with Crippen LogP contribution in [0.2, 0.25) is 15.1 Å². The second kappa shape index (κ2) is 8.11. The predicted octanol–water partition coefficient (Wildman–Crippen LogP) is 6.30. The van der Waals surface area contributed by atoms with Gasteiger partial charge in [-0.15, -0.1) is 0 Å². The van der Waals surface area contributed by atoms with Crippen molar-refractivity contribution in [2.24, 2.45) is 4.99 Å². The molecule has 0 radical (unpaired) electrons. The molecule has 0 spiro atoms. The fourth-order valence-electron chi connectivity index (χ4n) is 3.12. The zero-order valence-corrected chi connectivity index (χ0v) is 17.1. The van der Waals surface area contributed by atoms with Crippen molar-refractivity contribution in [2.75, 3.05) is 5.32 Å². The third kappa shape index (κ3) is 4.27. The molecule has 0 atom stereocenters. The van der Waals surface area contributed by atoms with Crippen molar-refractivity contribution in [1.82, 2.24) is 4.98 Å². The van der Waals surface area contributed by atoms with Crippen LogP contribution < -0.4 is 5.32 Å². The maximum absolute atomic E-state index is 14.5. The molecular weight excluding hydrogens is 436 g/mol. The number of nitrogens with one attached hydrogen (secondary N) is 1. The third-order valence-electron chi connectivity index (χ3n) is 4.49. The fraction of sp³-hybridized carbons (Fsp3) is 0.0952. The van der Waals surface area contributed by atoms with Crippen molar-refractivity contribution in [1.29, 1.82) is 0 Å². The monoisotopic (exact) mass is 447 g/mol. The lowest BCUT2D eigenvalue weighted by atomic mass is 10.0. The molecule has 146 valence electrons. The maximum atomic E-state index is 14.5. The number of nitrogens with zero attached hydrogens (tertiary/aromatic N) is 2. The largest absolute Gasteiger partial charge is 0.306 e. The summed E-state index contributed by atoms with van der Waals surface area (Å²) >= 11 is 18.4. The Kier molecular flexibility index (Phi) is 5.54. The summed E-state index contributed by atoms with van der Waals surface area (Å²) in [5.41, 5.74) is 2.74. The second-order valence-corrected chi connectivity index (χ2v) is 7.76. The van der Waals surface area contributed by atoms with Crippen molar-refractivity contribution in [3.05, 3.63) is 86.2 Å². The smallest absolute Gasteiger partial charge is 0.259 e.